The number of nitrogens with one attached hydrogen (secondary N) is 1. The summed E-state index contributed by atoms with van der Waals surface area (Å²) in [5.74, 6) is 0.860. The van der Waals surface area contributed by atoms with Gasteiger partial charge in [-0.3, -0.25) is 9.59 Å². The second-order valence-corrected chi connectivity index (χ2v) is 11.3. The fourth-order valence-electron chi connectivity index (χ4n) is 7.22. The van der Waals surface area contributed by atoms with Crippen molar-refractivity contribution in [1.82, 2.24) is 10.2 Å². The molecule has 1 aromatic rings. The summed E-state index contributed by atoms with van der Waals surface area (Å²) in [6.45, 7) is 0.176. The Kier molecular flexibility index (Phi) is 6.60. The summed E-state index contributed by atoms with van der Waals surface area (Å²) < 4.78 is 5.28. The smallest absolute Gasteiger partial charge is 0.329 e. The SMILES string of the molecule is O=C(COC(=O)C1CC(O)CN1C(=O)C12CC3CC(CC(C3)C1)C2)NCCc1ccc(Cl)cc1. The monoisotopic (exact) mass is 488 g/mol. The van der Waals surface area contributed by atoms with Crippen molar-refractivity contribution < 1.29 is 24.2 Å². The number of benzene rings is 1. The molecule has 5 aliphatic rings. The number of hydrogen-bond donors (Lipinski definition) is 2. The van der Waals surface area contributed by atoms with Gasteiger partial charge in [0.05, 0.1) is 11.5 Å². The lowest BCUT2D eigenvalue weighted by Crippen LogP contribution is -2.56. The Morgan fingerprint density at radius 2 is 1.65 bits per heavy atom. The van der Waals surface area contributed by atoms with Crippen LogP contribution in [0.1, 0.15) is 50.5 Å². The van der Waals surface area contributed by atoms with Gasteiger partial charge in [0, 0.05) is 24.5 Å². The molecule has 7 nitrogen and oxygen atoms in total. The van der Waals surface area contributed by atoms with Crippen LogP contribution in [0.5, 0.6) is 0 Å². The number of carbonyl (C=O) groups excluding carboxylic acids is 3. The molecule has 0 aromatic heterocycles. The van der Waals surface area contributed by atoms with E-state index in [1.165, 1.54) is 19.3 Å². The molecule has 6 rings (SSSR count). The molecular weight excluding hydrogens is 456 g/mol. The molecule has 8 heteroatoms. The quantitative estimate of drug-likeness (QED) is 0.575. The highest BCUT2D eigenvalue weighted by molar-refractivity contribution is 6.30. The topological polar surface area (TPSA) is 95.9 Å². The Hall–Kier alpha value is -2.12. The van der Waals surface area contributed by atoms with E-state index in [-0.39, 0.29) is 30.2 Å². The number of aliphatic hydroxyl groups is 1. The fraction of sp³-hybridized carbons (Fsp3) is 0.654. The molecule has 4 aliphatic carbocycles. The Balaban J connectivity index is 1.13. The van der Waals surface area contributed by atoms with Crippen LogP contribution in [-0.4, -0.2) is 59.6 Å². The van der Waals surface area contributed by atoms with Crippen LogP contribution < -0.4 is 5.32 Å². The van der Waals surface area contributed by atoms with Gasteiger partial charge in [-0.25, -0.2) is 4.79 Å². The normalized spacial score (nSPS) is 33.7. The zero-order chi connectivity index (χ0) is 23.9. The number of carbonyl (C=O) groups is 3. The van der Waals surface area contributed by atoms with Gasteiger partial charge in [-0.05, 0) is 80.4 Å². The van der Waals surface area contributed by atoms with Crippen molar-refractivity contribution in [3.63, 3.8) is 0 Å². The molecule has 34 heavy (non-hydrogen) atoms. The minimum absolute atomic E-state index is 0.0116. The first kappa shape index (κ1) is 23.6. The number of likely N-dealkylation sites (tertiary alicyclic amines) is 1. The number of aliphatic hydroxyl groups excluding tert-OH is 1. The van der Waals surface area contributed by atoms with Crippen molar-refractivity contribution in [3.8, 4) is 0 Å². The summed E-state index contributed by atoms with van der Waals surface area (Å²) >= 11 is 5.88. The fourth-order valence-corrected chi connectivity index (χ4v) is 7.35. The average Bonchev–Trinajstić information content (AvgIpc) is 3.19. The average molecular weight is 489 g/mol. The van der Waals surface area contributed by atoms with Crippen LogP contribution in [0.15, 0.2) is 24.3 Å². The third kappa shape index (κ3) is 4.82. The van der Waals surface area contributed by atoms with Crippen molar-refractivity contribution in [3.05, 3.63) is 34.9 Å². The molecule has 5 fully saturated rings. The van der Waals surface area contributed by atoms with E-state index < -0.39 is 24.7 Å². The van der Waals surface area contributed by atoms with E-state index in [1.807, 2.05) is 12.1 Å². The van der Waals surface area contributed by atoms with Gasteiger partial charge in [0.1, 0.15) is 6.04 Å². The number of hydrogen-bond acceptors (Lipinski definition) is 5. The molecule has 0 spiro atoms. The van der Waals surface area contributed by atoms with E-state index in [1.54, 1.807) is 17.0 Å². The predicted molar refractivity (Wildman–Crippen MR) is 126 cm³/mol. The summed E-state index contributed by atoms with van der Waals surface area (Å²) in [5, 5.41) is 13.7. The lowest BCUT2D eigenvalue weighted by Gasteiger charge is -2.56. The maximum absolute atomic E-state index is 13.7. The summed E-state index contributed by atoms with van der Waals surface area (Å²) in [6.07, 6.45) is 6.46. The van der Waals surface area contributed by atoms with Gasteiger partial charge >= 0.3 is 5.97 Å². The van der Waals surface area contributed by atoms with Gasteiger partial charge in [-0.15, -0.1) is 0 Å². The van der Waals surface area contributed by atoms with Crippen LogP contribution in [-0.2, 0) is 25.5 Å². The first-order valence-electron chi connectivity index (χ1n) is 12.5. The molecule has 2 amide bonds. The van der Waals surface area contributed by atoms with Crippen LogP contribution in [0.25, 0.3) is 0 Å². The molecule has 1 heterocycles. The van der Waals surface area contributed by atoms with E-state index in [0.717, 1.165) is 24.8 Å². The highest BCUT2D eigenvalue weighted by Crippen LogP contribution is 2.60. The maximum atomic E-state index is 13.7. The van der Waals surface area contributed by atoms with Gasteiger partial charge in [-0.2, -0.15) is 0 Å². The van der Waals surface area contributed by atoms with Crippen molar-refractivity contribution in [2.75, 3.05) is 19.7 Å². The molecule has 0 radical (unpaired) electrons. The number of halogens is 1. The molecule has 2 N–H and O–H groups in total. The van der Waals surface area contributed by atoms with E-state index in [0.29, 0.717) is 35.7 Å². The summed E-state index contributed by atoms with van der Waals surface area (Å²) in [5.41, 5.74) is 0.664. The maximum Gasteiger partial charge on any atom is 0.329 e. The molecule has 1 aliphatic heterocycles. The van der Waals surface area contributed by atoms with Gasteiger partial charge in [0.25, 0.3) is 5.91 Å². The van der Waals surface area contributed by atoms with E-state index in [4.69, 9.17) is 16.3 Å². The lowest BCUT2D eigenvalue weighted by molar-refractivity contribution is -0.166. The van der Waals surface area contributed by atoms with Crippen molar-refractivity contribution in [2.24, 2.45) is 23.2 Å². The number of rotatable bonds is 7. The molecule has 4 bridgehead atoms. The van der Waals surface area contributed by atoms with E-state index >= 15 is 0 Å². The van der Waals surface area contributed by atoms with Crippen molar-refractivity contribution in [2.45, 2.75) is 63.5 Å². The Morgan fingerprint density at radius 3 is 2.26 bits per heavy atom. The standard InChI is InChI=1S/C26H33ClN2O5/c27-20-3-1-16(2-4-20)5-6-28-23(31)15-34-24(32)22-10-21(30)14-29(22)25(33)26-11-17-7-18(12-26)9-19(8-17)13-26/h1-4,17-19,21-22,30H,5-15H2,(H,28,31). The summed E-state index contributed by atoms with van der Waals surface area (Å²) in [7, 11) is 0. The van der Waals surface area contributed by atoms with Gasteiger partial charge in [-0.1, -0.05) is 23.7 Å². The van der Waals surface area contributed by atoms with Crippen LogP contribution in [0.4, 0.5) is 0 Å². The molecule has 1 saturated heterocycles. The second-order valence-electron chi connectivity index (χ2n) is 10.9. The zero-order valence-electron chi connectivity index (χ0n) is 19.4. The van der Waals surface area contributed by atoms with Gasteiger partial charge in [0.15, 0.2) is 6.61 Å². The molecule has 184 valence electrons. The first-order valence-corrected chi connectivity index (χ1v) is 12.9. The third-order valence-electron chi connectivity index (χ3n) is 8.30. The minimum Gasteiger partial charge on any atom is -0.454 e. The summed E-state index contributed by atoms with van der Waals surface area (Å²) in [4.78, 5) is 40.3. The number of esters is 1. The summed E-state index contributed by atoms with van der Waals surface area (Å²) in [6, 6.07) is 6.57. The molecule has 2 unspecified atom stereocenters. The molecule has 1 aromatic carbocycles. The first-order chi connectivity index (χ1) is 16.3. The largest absolute Gasteiger partial charge is 0.454 e. The third-order valence-corrected chi connectivity index (χ3v) is 8.55. The van der Waals surface area contributed by atoms with Crippen LogP contribution in [0.3, 0.4) is 0 Å². The molecule has 4 saturated carbocycles. The number of ether oxygens (including phenoxy) is 1. The second kappa shape index (κ2) is 9.50. The van der Waals surface area contributed by atoms with Crippen molar-refractivity contribution >= 4 is 29.4 Å². The van der Waals surface area contributed by atoms with E-state index in [9.17, 15) is 19.5 Å². The lowest BCUT2D eigenvalue weighted by atomic mass is 9.49. The minimum atomic E-state index is -0.822. The van der Waals surface area contributed by atoms with E-state index in [2.05, 4.69) is 5.32 Å². The highest BCUT2D eigenvalue weighted by atomic mass is 35.5. The number of nitrogens with zero attached hydrogens (tertiary/aromatic N) is 1. The number of β-amino-alcohol motifs (C(OH)–C–C–N with tert-alkyl or cyclic N) is 1. The Bertz CT molecular complexity index is 914. The Morgan fingerprint density at radius 1 is 1.03 bits per heavy atom. The predicted octanol–water partition coefficient (Wildman–Crippen LogP) is 2.72. The Labute approximate surface area is 205 Å². The zero-order valence-corrected chi connectivity index (χ0v) is 20.1. The van der Waals surface area contributed by atoms with Crippen LogP contribution >= 0.6 is 11.6 Å². The highest BCUT2D eigenvalue weighted by Gasteiger charge is 2.57. The molecule has 2 atom stereocenters. The van der Waals surface area contributed by atoms with Gasteiger partial charge in [0.2, 0.25) is 5.91 Å². The van der Waals surface area contributed by atoms with Crippen molar-refractivity contribution in [1.29, 1.82) is 0 Å². The molecular formula is C26H33ClN2O5. The van der Waals surface area contributed by atoms with Crippen LogP contribution in [0.2, 0.25) is 5.02 Å². The number of amides is 2. The van der Waals surface area contributed by atoms with Crippen LogP contribution in [0, 0.1) is 23.2 Å². The van der Waals surface area contributed by atoms with Gasteiger partial charge < -0.3 is 20.1 Å².